The number of nitrogens with zero attached hydrogens (tertiary/aromatic N) is 2. The van der Waals surface area contributed by atoms with Gasteiger partial charge in [-0.2, -0.15) is 0 Å². The Morgan fingerprint density at radius 1 is 1.10 bits per heavy atom. The van der Waals surface area contributed by atoms with Crippen molar-refractivity contribution in [1.82, 2.24) is 4.90 Å². The van der Waals surface area contributed by atoms with Crippen molar-refractivity contribution in [3.05, 3.63) is 12.1 Å². The van der Waals surface area contributed by atoms with Crippen LogP contribution in [0.2, 0.25) is 0 Å². The van der Waals surface area contributed by atoms with E-state index in [0.29, 0.717) is 42.6 Å². The lowest BCUT2D eigenvalue weighted by Gasteiger charge is -2.34. The van der Waals surface area contributed by atoms with Crippen molar-refractivity contribution in [1.29, 1.82) is 0 Å². The molecular formula is C21H28N2O7. The Morgan fingerprint density at radius 2 is 1.77 bits per heavy atom. The molecule has 0 radical (unpaired) electrons. The molecule has 30 heavy (non-hydrogen) atoms. The van der Waals surface area contributed by atoms with Gasteiger partial charge < -0.3 is 18.9 Å². The van der Waals surface area contributed by atoms with E-state index in [1.807, 2.05) is 4.90 Å². The fourth-order valence-corrected chi connectivity index (χ4v) is 4.11. The van der Waals surface area contributed by atoms with E-state index in [2.05, 4.69) is 0 Å². The summed E-state index contributed by atoms with van der Waals surface area (Å²) in [5.74, 6) is -0.0613. The molecule has 2 aliphatic rings. The Morgan fingerprint density at radius 3 is 2.33 bits per heavy atom. The number of carbonyl (C=O) groups is 3. The lowest BCUT2D eigenvalue weighted by atomic mass is 9.96. The van der Waals surface area contributed by atoms with Crippen LogP contribution in [0.4, 0.5) is 5.69 Å². The van der Waals surface area contributed by atoms with Gasteiger partial charge in [0.25, 0.3) is 5.91 Å². The van der Waals surface area contributed by atoms with Crippen molar-refractivity contribution in [3.8, 4) is 17.2 Å². The smallest absolute Gasteiger partial charge is 0.310 e. The lowest BCUT2D eigenvalue weighted by molar-refractivity contribution is -0.150. The van der Waals surface area contributed by atoms with Crippen LogP contribution in [-0.4, -0.2) is 69.8 Å². The number of piperidine rings is 1. The summed E-state index contributed by atoms with van der Waals surface area (Å²) < 4.78 is 21.1. The standard InChI is InChI=1S/C21H28N2O7/c1-5-30-21(26)13-7-6-8-22(12-13)15-11-18(24)23(20(15)25)14-9-16(27-2)19(29-4)17(10-14)28-3/h9-10,13,15H,5-8,11-12H2,1-4H3/t13-,15-/m0/s1. The highest BCUT2D eigenvalue weighted by molar-refractivity contribution is 6.22. The van der Waals surface area contributed by atoms with Gasteiger partial charge in [-0.05, 0) is 26.3 Å². The van der Waals surface area contributed by atoms with Gasteiger partial charge in [0.15, 0.2) is 11.5 Å². The first-order valence-electron chi connectivity index (χ1n) is 10.0. The van der Waals surface area contributed by atoms with E-state index in [-0.39, 0.29) is 30.1 Å². The van der Waals surface area contributed by atoms with Gasteiger partial charge in [0.2, 0.25) is 11.7 Å². The molecule has 9 heteroatoms. The van der Waals surface area contributed by atoms with Crippen LogP contribution in [0.15, 0.2) is 12.1 Å². The van der Waals surface area contributed by atoms with Crippen LogP contribution in [-0.2, 0) is 19.1 Å². The van der Waals surface area contributed by atoms with E-state index in [1.54, 1.807) is 19.1 Å². The zero-order valence-electron chi connectivity index (χ0n) is 17.8. The molecular weight excluding hydrogens is 392 g/mol. The first kappa shape index (κ1) is 21.9. The van der Waals surface area contributed by atoms with Crippen LogP contribution in [0.1, 0.15) is 26.2 Å². The van der Waals surface area contributed by atoms with Crippen LogP contribution >= 0.6 is 0 Å². The van der Waals surface area contributed by atoms with Crippen LogP contribution in [0, 0.1) is 5.92 Å². The van der Waals surface area contributed by atoms with E-state index in [4.69, 9.17) is 18.9 Å². The number of likely N-dealkylation sites (tertiary alicyclic amines) is 1. The Hall–Kier alpha value is -2.81. The number of ether oxygens (including phenoxy) is 4. The number of imide groups is 1. The van der Waals surface area contributed by atoms with Crippen molar-refractivity contribution < 1.29 is 33.3 Å². The molecule has 2 fully saturated rings. The largest absolute Gasteiger partial charge is 0.493 e. The van der Waals surface area contributed by atoms with Gasteiger partial charge in [0.05, 0.1) is 52.0 Å². The second-order valence-corrected chi connectivity index (χ2v) is 7.26. The fourth-order valence-electron chi connectivity index (χ4n) is 4.11. The van der Waals surface area contributed by atoms with Gasteiger partial charge in [-0.1, -0.05) is 0 Å². The van der Waals surface area contributed by atoms with Gasteiger partial charge >= 0.3 is 5.97 Å². The number of benzene rings is 1. The van der Waals surface area contributed by atoms with Gasteiger partial charge in [0.1, 0.15) is 0 Å². The first-order valence-corrected chi connectivity index (χ1v) is 10.0. The SMILES string of the molecule is CCOC(=O)[C@H]1CCCN([C@H]2CC(=O)N(c3cc(OC)c(OC)c(OC)c3)C2=O)C1. The third-order valence-corrected chi connectivity index (χ3v) is 5.54. The summed E-state index contributed by atoms with van der Waals surface area (Å²) >= 11 is 0. The van der Waals surface area contributed by atoms with Gasteiger partial charge in [-0.25, -0.2) is 4.90 Å². The predicted octanol–water partition coefficient (Wildman–Crippen LogP) is 1.62. The third-order valence-electron chi connectivity index (χ3n) is 5.54. The molecule has 164 valence electrons. The summed E-state index contributed by atoms with van der Waals surface area (Å²) in [5, 5.41) is 0. The van der Waals surface area contributed by atoms with E-state index >= 15 is 0 Å². The Bertz CT molecular complexity index is 801. The summed E-state index contributed by atoms with van der Waals surface area (Å²) in [4.78, 5) is 41.2. The quantitative estimate of drug-likeness (QED) is 0.485. The fraction of sp³-hybridized carbons (Fsp3) is 0.571. The number of hydrogen-bond donors (Lipinski definition) is 0. The minimum Gasteiger partial charge on any atom is -0.493 e. The number of methoxy groups -OCH3 is 3. The summed E-state index contributed by atoms with van der Waals surface area (Å²) in [6.07, 6.45) is 1.55. The first-order chi connectivity index (χ1) is 14.4. The van der Waals surface area contributed by atoms with Crippen molar-refractivity contribution in [2.24, 2.45) is 5.92 Å². The second kappa shape index (κ2) is 9.34. The minimum absolute atomic E-state index is 0.0606. The molecule has 9 nitrogen and oxygen atoms in total. The normalized spacial score (nSPS) is 22.2. The van der Waals surface area contributed by atoms with Crippen LogP contribution < -0.4 is 19.1 Å². The zero-order valence-corrected chi connectivity index (χ0v) is 17.8. The summed E-state index contributed by atoms with van der Waals surface area (Å²) in [6.45, 7) is 3.16. The molecule has 2 amide bonds. The molecule has 0 aromatic heterocycles. The highest BCUT2D eigenvalue weighted by atomic mass is 16.5. The number of amides is 2. The molecule has 3 rings (SSSR count). The summed E-state index contributed by atoms with van der Waals surface area (Å²) in [7, 11) is 4.43. The van der Waals surface area contributed by atoms with Crippen molar-refractivity contribution in [2.75, 3.05) is 45.9 Å². The predicted molar refractivity (Wildman–Crippen MR) is 108 cm³/mol. The third kappa shape index (κ3) is 4.07. The number of carbonyl (C=O) groups excluding carboxylic acids is 3. The highest BCUT2D eigenvalue weighted by Crippen LogP contribution is 2.42. The number of esters is 1. The maximum atomic E-state index is 13.2. The van der Waals surface area contributed by atoms with Crippen LogP contribution in [0.25, 0.3) is 0 Å². The minimum atomic E-state index is -0.603. The maximum Gasteiger partial charge on any atom is 0.310 e. The van der Waals surface area contributed by atoms with Gasteiger partial charge in [-0.3, -0.25) is 19.3 Å². The van der Waals surface area contributed by atoms with E-state index in [1.165, 1.54) is 21.3 Å². The van der Waals surface area contributed by atoms with E-state index in [0.717, 1.165) is 17.7 Å². The summed E-state index contributed by atoms with van der Waals surface area (Å²) in [6, 6.07) is 2.56. The lowest BCUT2D eigenvalue weighted by Crippen LogP contribution is -2.48. The molecule has 0 bridgehead atoms. The number of rotatable bonds is 7. The van der Waals surface area contributed by atoms with Crippen molar-refractivity contribution >= 4 is 23.5 Å². The van der Waals surface area contributed by atoms with Crippen molar-refractivity contribution in [3.63, 3.8) is 0 Å². The second-order valence-electron chi connectivity index (χ2n) is 7.26. The zero-order chi connectivity index (χ0) is 21.8. The molecule has 0 aliphatic carbocycles. The van der Waals surface area contributed by atoms with Gasteiger partial charge in [-0.15, -0.1) is 0 Å². The molecule has 2 aliphatic heterocycles. The molecule has 2 atom stereocenters. The molecule has 1 aromatic rings. The van der Waals surface area contributed by atoms with E-state index in [9.17, 15) is 14.4 Å². The molecule has 0 N–H and O–H groups in total. The molecule has 1 aromatic carbocycles. The average Bonchev–Trinajstić information content (AvgIpc) is 3.06. The molecule has 0 spiro atoms. The molecule has 0 unspecified atom stereocenters. The maximum absolute atomic E-state index is 13.2. The topological polar surface area (TPSA) is 94.6 Å². The summed E-state index contributed by atoms with van der Waals surface area (Å²) in [5.41, 5.74) is 0.362. The molecule has 0 saturated carbocycles. The number of hydrogen-bond acceptors (Lipinski definition) is 8. The van der Waals surface area contributed by atoms with Crippen molar-refractivity contribution in [2.45, 2.75) is 32.2 Å². The van der Waals surface area contributed by atoms with E-state index < -0.39 is 6.04 Å². The molecule has 2 saturated heterocycles. The highest BCUT2D eigenvalue weighted by Gasteiger charge is 2.45. The van der Waals surface area contributed by atoms with Crippen LogP contribution in [0.3, 0.4) is 0 Å². The Kier molecular flexibility index (Phi) is 6.81. The molecule has 2 heterocycles. The number of anilines is 1. The Labute approximate surface area is 175 Å². The Balaban J connectivity index is 1.84. The average molecular weight is 420 g/mol. The monoisotopic (exact) mass is 420 g/mol. The van der Waals surface area contributed by atoms with Crippen LogP contribution in [0.5, 0.6) is 17.2 Å². The van der Waals surface area contributed by atoms with Gasteiger partial charge in [0, 0.05) is 18.7 Å².